The summed E-state index contributed by atoms with van der Waals surface area (Å²) < 4.78 is 6.64. The average molecular weight is 391 g/mol. The lowest BCUT2D eigenvalue weighted by Gasteiger charge is -2.09. The maximum atomic E-state index is 12.2. The molecule has 2 aromatic carbocycles. The number of amides is 1. The minimum absolute atomic E-state index is 0.0785. The van der Waals surface area contributed by atoms with Crippen molar-refractivity contribution in [3.8, 4) is 17.0 Å². The third-order valence-corrected chi connectivity index (χ3v) is 4.80. The van der Waals surface area contributed by atoms with Crippen LogP contribution in [0.2, 0.25) is 0 Å². The van der Waals surface area contributed by atoms with Gasteiger partial charge in [0.05, 0.1) is 12.8 Å². The molecule has 1 heterocycles. The van der Waals surface area contributed by atoms with Crippen LogP contribution in [-0.2, 0) is 11.3 Å². The maximum Gasteiger partial charge on any atom is 0.266 e. The second-order valence-corrected chi connectivity index (χ2v) is 6.96. The van der Waals surface area contributed by atoms with E-state index >= 15 is 0 Å². The van der Waals surface area contributed by atoms with Crippen LogP contribution in [0.1, 0.15) is 24.0 Å². The minimum Gasteiger partial charge on any atom is -0.497 e. The standard InChI is InChI=1S/C23H25N3O3/c1-16-9-10-19(14-17(16)2)24-22(27)8-5-13-26-23(28)12-11-21(25-26)18-6-4-7-20(15-18)29-3/h4,6-7,9-12,14-15H,5,8,13H2,1-3H3,(H,24,27). The molecule has 0 aliphatic heterocycles. The van der Waals surface area contributed by atoms with Crippen LogP contribution in [0, 0.1) is 13.8 Å². The topological polar surface area (TPSA) is 73.2 Å². The predicted octanol–water partition coefficient (Wildman–Crippen LogP) is 3.95. The van der Waals surface area contributed by atoms with Crippen LogP contribution >= 0.6 is 0 Å². The van der Waals surface area contributed by atoms with Gasteiger partial charge in [-0.05, 0) is 61.7 Å². The lowest BCUT2D eigenvalue weighted by molar-refractivity contribution is -0.116. The molecule has 1 amide bonds. The molecule has 3 aromatic rings. The number of aromatic nitrogens is 2. The first-order chi connectivity index (χ1) is 14.0. The molecule has 0 spiro atoms. The summed E-state index contributed by atoms with van der Waals surface area (Å²) in [5.41, 5.74) is 4.46. The molecule has 0 bridgehead atoms. The Balaban J connectivity index is 1.62. The molecule has 6 heteroatoms. The van der Waals surface area contributed by atoms with Gasteiger partial charge in [0.15, 0.2) is 0 Å². The summed E-state index contributed by atoms with van der Waals surface area (Å²) in [6.07, 6.45) is 0.829. The molecule has 0 aliphatic carbocycles. The van der Waals surface area contributed by atoms with Gasteiger partial charge in [0.1, 0.15) is 5.75 Å². The summed E-state index contributed by atoms with van der Waals surface area (Å²) in [7, 11) is 1.61. The molecule has 29 heavy (non-hydrogen) atoms. The van der Waals surface area contributed by atoms with Crippen molar-refractivity contribution in [1.29, 1.82) is 0 Å². The second kappa shape index (κ2) is 9.19. The van der Waals surface area contributed by atoms with Crippen LogP contribution in [0.25, 0.3) is 11.3 Å². The van der Waals surface area contributed by atoms with Crippen molar-refractivity contribution < 1.29 is 9.53 Å². The molecule has 150 valence electrons. The Morgan fingerprint density at radius 3 is 2.66 bits per heavy atom. The van der Waals surface area contributed by atoms with Gasteiger partial charge >= 0.3 is 0 Å². The van der Waals surface area contributed by atoms with Crippen LogP contribution in [0.15, 0.2) is 59.4 Å². The van der Waals surface area contributed by atoms with Gasteiger partial charge in [-0.3, -0.25) is 9.59 Å². The highest BCUT2D eigenvalue weighted by atomic mass is 16.5. The first kappa shape index (κ1) is 20.3. The van der Waals surface area contributed by atoms with E-state index in [4.69, 9.17) is 4.74 Å². The van der Waals surface area contributed by atoms with Gasteiger partial charge < -0.3 is 10.1 Å². The normalized spacial score (nSPS) is 10.6. The number of methoxy groups -OCH3 is 1. The first-order valence-corrected chi connectivity index (χ1v) is 9.56. The van der Waals surface area contributed by atoms with E-state index in [1.54, 1.807) is 13.2 Å². The number of hydrogen-bond donors (Lipinski definition) is 1. The fourth-order valence-electron chi connectivity index (χ4n) is 2.98. The zero-order valence-corrected chi connectivity index (χ0v) is 16.9. The molecule has 1 aromatic heterocycles. The van der Waals surface area contributed by atoms with Crippen molar-refractivity contribution in [2.75, 3.05) is 12.4 Å². The van der Waals surface area contributed by atoms with Crippen molar-refractivity contribution >= 4 is 11.6 Å². The summed E-state index contributed by atoms with van der Waals surface area (Å²) >= 11 is 0. The molecule has 0 atom stereocenters. The quantitative estimate of drug-likeness (QED) is 0.662. The highest BCUT2D eigenvalue weighted by Crippen LogP contribution is 2.21. The molecular weight excluding hydrogens is 366 g/mol. The van der Waals surface area contributed by atoms with Crippen LogP contribution < -0.4 is 15.6 Å². The fraction of sp³-hybridized carbons (Fsp3) is 0.261. The fourth-order valence-corrected chi connectivity index (χ4v) is 2.98. The highest BCUT2D eigenvalue weighted by Gasteiger charge is 2.07. The van der Waals surface area contributed by atoms with E-state index in [2.05, 4.69) is 10.4 Å². The summed E-state index contributed by atoms with van der Waals surface area (Å²) in [5.74, 6) is 0.648. The van der Waals surface area contributed by atoms with Crippen LogP contribution in [-0.4, -0.2) is 22.8 Å². The smallest absolute Gasteiger partial charge is 0.266 e. The van der Waals surface area contributed by atoms with Crippen LogP contribution in [0.3, 0.4) is 0 Å². The molecule has 3 rings (SSSR count). The molecule has 6 nitrogen and oxygen atoms in total. The van der Waals surface area contributed by atoms with Gasteiger partial charge in [-0.2, -0.15) is 5.10 Å². The van der Waals surface area contributed by atoms with Gasteiger partial charge in [0.2, 0.25) is 5.91 Å². The first-order valence-electron chi connectivity index (χ1n) is 9.56. The van der Waals surface area contributed by atoms with Crippen molar-refractivity contribution in [2.45, 2.75) is 33.2 Å². The van der Waals surface area contributed by atoms with Gasteiger partial charge in [-0.1, -0.05) is 18.2 Å². The minimum atomic E-state index is -0.189. The molecule has 0 fully saturated rings. The number of ether oxygens (including phenoxy) is 1. The predicted molar refractivity (Wildman–Crippen MR) is 114 cm³/mol. The van der Waals surface area contributed by atoms with E-state index in [-0.39, 0.29) is 11.5 Å². The highest BCUT2D eigenvalue weighted by molar-refractivity contribution is 5.90. The van der Waals surface area contributed by atoms with Gasteiger partial charge in [0, 0.05) is 30.3 Å². The summed E-state index contributed by atoms with van der Waals surface area (Å²) in [6.45, 7) is 4.42. The number of carbonyl (C=O) groups is 1. The van der Waals surface area contributed by atoms with E-state index in [1.807, 2.05) is 56.3 Å². The Morgan fingerprint density at radius 1 is 1.07 bits per heavy atom. The van der Waals surface area contributed by atoms with Crippen molar-refractivity contribution in [2.24, 2.45) is 0 Å². The van der Waals surface area contributed by atoms with Gasteiger partial charge in [-0.15, -0.1) is 0 Å². The lowest BCUT2D eigenvalue weighted by Crippen LogP contribution is -2.23. The molecule has 0 saturated carbocycles. The molecule has 0 saturated heterocycles. The number of carbonyl (C=O) groups excluding carboxylic acids is 1. The third-order valence-electron chi connectivity index (χ3n) is 4.80. The summed E-state index contributed by atoms with van der Waals surface area (Å²) in [4.78, 5) is 24.3. The number of hydrogen-bond acceptors (Lipinski definition) is 4. The Kier molecular flexibility index (Phi) is 6.44. The van der Waals surface area contributed by atoms with E-state index in [0.717, 1.165) is 22.6 Å². The zero-order chi connectivity index (χ0) is 20.8. The Morgan fingerprint density at radius 2 is 1.90 bits per heavy atom. The van der Waals surface area contributed by atoms with Crippen LogP contribution in [0.4, 0.5) is 5.69 Å². The molecule has 0 radical (unpaired) electrons. The van der Waals surface area contributed by atoms with Gasteiger partial charge in [0.25, 0.3) is 5.56 Å². The number of nitrogens with one attached hydrogen (secondary N) is 1. The Labute approximate surface area is 170 Å². The molecule has 1 N–H and O–H groups in total. The van der Waals surface area contributed by atoms with Crippen molar-refractivity contribution in [1.82, 2.24) is 9.78 Å². The van der Waals surface area contributed by atoms with Crippen molar-refractivity contribution in [3.63, 3.8) is 0 Å². The zero-order valence-electron chi connectivity index (χ0n) is 16.9. The lowest BCUT2D eigenvalue weighted by atomic mass is 10.1. The number of aryl methyl sites for hydroxylation is 3. The van der Waals surface area contributed by atoms with Crippen molar-refractivity contribution in [3.05, 3.63) is 76.1 Å². The molecule has 0 unspecified atom stereocenters. The number of nitrogens with zero attached hydrogens (tertiary/aromatic N) is 2. The maximum absolute atomic E-state index is 12.2. The summed E-state index contributed by atoms with van der Waals surface area (Å²) in [5, 5.41) is 7.34. The Bertz CT molecular complexity index is 1070. The van der Waals surface area contributed by atoms with E-state index < -0.39 is 0 Å². The van der Waals surface area contributed by atoms with Gasteiger partial charge in [-0.25, -0.2) is 4.68 Å². The number of rotatable bonds is 7. The second-order valence-electron chi connectivity index (χ2n) is 6.96. The van der Waals surface area contributed by atoms with E-state index in [0.29, 0.717) is 25.1 Å². The SMILES string of the molecule is COc1cccc(-c2ccc(=O)n(CCCC(=O)Nc3ccc(C)c(C)c3)n2)c1. The largest absolute Gasteiger partial charge is 0.497 e. The Hall–Kier alpha value is -3.41. The van der Waals surface area contributed by atoms with E-state index in [1.165, 1.54) is 16.3 Å². The third kappa shape index (κ3) is 5.31. The molecule has 0 aliphatic rings. The van der Waals surface area contributed by atoms with Crippen LogP contribution in [0.5, 0.6) is 5.75 Å². The van der Waals surface area contributed by atoms with E-state index in [9.17, 15) is 9.59 Å². The monoisotopic (exact) mass is 391 g/mol. The number of anilines is 1. The number of benzene rings is 2. The molecular formula is C23H25N3O3. The summed E-state index contributed by atoms with van der Waals surface area (Å²) in [6, 6.07) is 16.5. The average Bonchev–Trinajstić information content (AvgIpc) is 2.72.